The van der Waals surface area contributed by atoms with Gasteiger partial charge in [-0.1, -0.05) is 18.2 Å². The SMILES string of the molecule is CN(Cc1nccs1)C(=O)c1ccccc1. The summed E-state index contributed by atoms with van der Waals surface area (Å²) in [5.41, 5.74) is 0.710. The fourth-order valence-electron chi connectivity index (χ4n) is 1.41. The number of hydrogen-bond acceptors (Lipinski definition) is 3. The zero-order chi connectivity index (χ0) is 11.4. The summed E-state index contributed by atoms with van der Waals surface area (Å²) in [5, 5.41) is 2.86. The highest BCUT2D eigenvalue weighted by molar-refractivity contribution is 7.09. The van der Waals surface area contributed by atoms with E-state index in [9.17, 15) is 4.79 Å². The number of rotatable bonds is 3. The van der Waals surface area contributed by atoms with Crippen molar-refractivity contribution in [1.29, 1.82) is 0 Å². The lowest BCUT2D eigenvalue weighted by Crippen LogP contribution is -2.25. The van der Waals surface area contributed by atoms with E-state index < -0.39 is 0 Å². The fourth-order valence-corrected chi connectivity index (χ4v) is 2.08. The van der Waals surface area contributed by atoms with Crippen LogP contribution in [-0.4, -0.2) is 22.8 Å². The van der Waals surface area contributed by atoms with Gasteiger partial charge in [0, 0.05) is 24.2 Å². The predicted octanol–water partition coefficient (Wildman–Crippen LogP) is 2.42. The van der Waals surface area contributed by atoms with Crippen LogP contribution in [0.1, 0.15) is 15.4 Å². The Balaban J connectivity index is 2.05. The summed E-state index contributed by atoms with van der Waals surface area (Å²) < 4.78 is 0. The minimum atomic E-state index is 0.0239. The lowest BCUT2D eigenvalue weighted by atomic mass is 10.2. The summed E-state index contributed by atoms with van der Waals surface area (Å²) in [5.74, 6) is 0.0239. The highest BCUT2D eigenvalue weighted by Crippen LogP contribution is 2.10. The molecule has 2 aromatic rings. The van der Waals surface area contributed by atoms with Crippen LogP contribution in [0.4, 0.5) is 0 Å². The molecule has 0 spiro atoms. The maximum atomic E-state index is 12.0. The van der Waals surface area contributed by atoms with E-state index in [-0.39, 0.29) is 5.91 Å². The fraction of sp³-hybridized carbons (Fsp3) is 0.167. The smallest absolute Gasteiger partial charge is 0.253 e. The summed E-state index contributed by atoms with van der Waals surface area (Å²) in [6, 6.07) is 9.27. The maximum Gasteiger partial charge on any atom is 0.253 e. The molecule has 1 aromatic heterocycles. The molecule has 0 unspecified atom stereocenters. The average Bonchev–Trinajstić information content (AvgIpc) is 2.82. The molecule has 2 rings (SSSR count). The van der Waals surface area contributed by atoms with E-state index in [1.807, 2.05) is 35.7 Å². The van der Waals surface area contributed by atoms with Gasteiger partial charge in [-0.2, -0.15) is 0 Å². The van der Waals surface area contributed by atoms with Crippen LogP contribution >= 0.6 is 11.3 Å². The summed E-state index contributed by atoms with van der Waals surface area (Å²) in [4.78, 5) is 17.8. The van der Waals surface area contributed by atoms with E-state index in [0.29, 0.717) is 12.1 Å². The Morgan fingerprint density at radius 3 is 2.75 bits per heavy atom. The second kappa shape index (κ2) is 4.90. The van der Waals surface area contributed by atoms with Crippen LogP contribution in [0.25, 0.3) is 0 Å². The molecule has 0 aliphatic carbocycles. The minimum absolute atomic E-state index is 0.0239. The monoisotopic (exact) mass is 232 g/mol. The van der Waals surface area contributed by atoms with Crippen LogP contribution in [0.2, 0.25) is 0 Å². The summed E-state index contributed by atoms with van der Waals surface area (Å²) in [6.07, 6.45) is 1.75. The normalized spacial score (nSPS) is 10.1. The highest BCUT2D eigenvalue weighted by Gasteiger charge is 2.11. The molecule has 0 radical (unpaired) electrons. The topological polar surface area (TPSA) is 33.2 Å². The summed E-state index contributed by atoms with van der Waals surface area (Å²) in [6.45, 7) is 0.561. The van der Waals surface area contributed by atoms with Gasteiger partial charge in [0.05, 0.1) is 6.54 Å². The molecule has 16 heavy (non-hydrogen) atoms. The molecule has 0 aliphatic rings. The Morgan fingerprint density at radius 1 is 1.38 bits per heavy atom. The standard InChI is InChI=1S/C12H12N2OS/c1-14(9-11-13-7-8-16-11)12(15)10-5-3-2-4-6-10/h2-8H,9H2,1H3. The van der Waals surface area contributed by atoms with Crippen molar-refractivity contribution in [3.05, 3.63) is 52.5 Å². The average molecular weight is 232 g/mol. The molecular formula is C12H12N2OS. The van der Waals surface area contributed by atoms with Crippen molar-refractivity contribution in [2.45, 2.75) is 6.54 Å². The molecule has 1 amide bonds. The van der Waals surface area contributed by atoms with Crippen molar-refractivity contribution in [3.63, 3.8) is 0 Å². The van der Waals surface area contributed by atoms with Crippen LogP contribution in [0.15, 0.2) is 41.9 Å². The Labute approximate surface area is 98.4 Å². The van der Waals surface area contributed by atoms with Gasteiger partial charge in [-0.15, -0.1) is 11.3 Å². The van der Waals surface area contributed by atoms with Crippen molar-refractivity contribution in [2.75, 3.05) is 7.05 Å². The van der Waals surface area contributed by atoms with E-state index >= 15 is 0 Å². The summed E-state index contributed by atoms with van der Waals surface area (Å²) >= 11 is 1.56. The van der Waals surface area contributed by atoms with Crippen molar-refractivity contribution < 1.29 is 4.79 Å². The first kappa shape index (κ1) is 10.8. The number of thiazole rings is 1. The Morgan fingerprint density at radius 2 is 2.12 bits per heavy atom. The van der Waals surface area contributed by atoms with Crippen LogP contribution in [0.5, 0.6) is 0 Å². The molecule has 1 aromatic carbocycles. The predicted molar refractivity (Wildman–Crippen MR) is 64.4 cm³/mol. The Bertz CT molecular complexity index is 453. The van der Waals surface area contributed by atoms with Crippen molar-refractivity contribution >= 4 is 17.2 Å². The van der Waals surface area contributed by atoms with Gasteiger partial charge in [-0.25, -0.2) is 4.98 Å². The van der Waals surface area contributed by atoms with Gasteiger partial charge < -0.3 is 4.90 Å². The molecule has 0 N–H and O–H groups in total. The second-order valence-corrected chi connectivity index (χ2v) is 4.43. The number of aromatic nitrogens is 1. The Hall–Kier alpha value is -1.68. The van der Waals surface area contributed by atoms with Crippen molar-refractivity contribution in [2.24, 2.45) is 0 Å². The number of amides is 1. The molecule has 0 aliphatic heterocycles. The van der Waals surface area contributed by atoms with Crippen LogP contribution in [0.3, 0.4) is 0 Å². The van der Waals surface area contributed by atoms with Crippen LogP contribution in [0, 0.1) is 0 Å². The molecule has 0 fully saturated rings. The van der Waals surface area contributed by atoms with E-state index in [1.165, 1.54) is 0 Å². The molecule has 82 valence electrons. The molecule has 0 saturated heterocycles. The van der Waals surface area contributed by atoms with Gasteiger partial charge >= 0.3 is 0 Å². The second-order valence-electron chi connectivity index (χ2n) is 3.45. The van der Waals surface area contributed by atoms with Crippen LogP contribution < -0.4 is 0 Å². The van der Waals surface area contributed by atoms with E-state index in [4.69, 9.17) is 0 Å². The third-order valence-corrected chi connectivity index (χ3v) is 2.99. The zero-order valence-electron chi connectivity index (χ0n) is 8.96. The van der Waals surface area contributed by atoms with E-state index in [0.717, 1.165) is 5.01 Å². The van der Waals surface area contributed by atoms with Gasteiger partial charge in [0.1, 0.15) is 5.01 Å². The summed E-state index contributed by atoms with van der Waals surface area (Å²) in [7, 11) is 1.79. The number of nitrogens with zero attached hydrogens (tertiary/aromatic N) is 2. The highest BCUT2D eigenvalue weighted by atomic mass is 32.1. The van der Waals surface area contributed by atoms with Gasteiger partial charge in [0.15, 0.2) is 0 Å². The molecule has 3 nitrogen and oxygen atoms in total. The van der Waals surface area contributed by atoms with Gasteiger partial charge in [0.25, 0.3) is 5.91 Å². The van der Waals surface area contributed by atoms with Gasteiger partial charge in [-0.05, 0) is 12.1 Å². The largest absolute Gasteiger partial charge is 0.335 e. The molecule has 1 heterocycles. The third-order valence-electron chi connectivity index (χ3n) is 2.22. The van der Waals surface area contributed by atoms with Gasteiger partial charge in [0.2, 0.25) is 0 Å². The zero-order valence-corrected chi connectivity index (χ0v) is 9.78. The first-order valence-electron chi connectivity index (χ1n) is 4.96. The Kier molecular flexibility index (Phi) is 3.31. The minimum Gasteiger partial charge on any atom is -0.335 e. The first-order valence-corrected chi connectivity index (χ1v) is 5.84. The van der Waals surface area contributed by atoms with E-state index in [1.54, 1.807) is 29.5 Å². The number of benzene rings is 1. The van der Waals surface area contributed by atoms with Crippen LogP contribution in [-0.2, 0) is 6.54 Å². The number of carbonyl (C=O) groups excluding carboxylic acids is 1. The van der Waals surface area contributed by atoms with Crippen molar-refractivity contribution in [1.82, 2.24) is 9.88 Å². The van der Waals surface area contributed by atoms with Gasteiger partial charge in [-0.3, -0.25) is 4.79 Å². The quantitative estimate of drug-likeness (QED) is 0.814. The lowest BCUT2D eigenvalue weighted by Gasteiger charge is -2.15. The third kappa shape index (κ3) is 2.46. The molecular weight excluding hydrogens is 220 g/mol. The van der Waals surface area contributed by atoms with Crippen molar-refractivity contribution in [3.8, 4) is 0 Å². The molecule has 0 atom stereocenters. The van der Waals surface area contributed by atoms with E-state index in [2.05, 4.69) is 4.98 Å². The maximum absolute atomic E-state index is 12.0. The lowest BCUT2D eigenvalue weighted by molar-refractivity contribution is 0.0785. The molecule has 0 bridgehead atoms. The molecule has 0 saturated carbocycles. The first-order chi connectivity index (χ1) is 7.77. The molecule has 4 heteroatoms. The number of hydrogen-bond donors (Lipinski definition) is 0. The number of carbonyl (C=O) groups is 1.